The Morgan fingerprint density at radius 1 is 1.44 bits per heavy atom. The lowest BCUT2D eigenvalue weighted by Crippen LogP contribution is -2.25. The predicted molar refractivity (Wildman–Crippen MR) is 60.3 cm³/mol. The van der Waals surface area contributed by atoms with Crippen LogP contribution in [0.15, 0.2) is 0 Å². The number of esters is 1. The molecule has 1 aliphatic heterocycles. The SMILES string of the molecule is CCOCCCC(=O)OCC1CCCCO1. The Morgan fingerprint density at radius 3 is 3.00 bits per heavy atom. The molecular weight excluding hydrogens is 208 g/mol. The van der Waals surface area contributed by atoms with Gasteiger partial charge in [-0.3, -0.25) is 4.79 Å². The van der Waals surface area contributed by atoms with E-state index in [1.807, 2.05) is 6.92 Å². The summed E-state index contributed by atoms with van der Waals surface area (Å²) >= 11 is 0. The summed E-state index contributed by atoms with van der Waals surface area (Å²) in [5.74, 6) is -0.145. The first kappa shape index (κ1) is 13.5. The van der Waals surface area contributed by atoms with Crippen LogP contribution in [0.25, 0.3) is 0 Å². The molecule has 1 rings (SSSR count). The van der Waals surface area contributed by atoms with Gasteiger partial charge in [0.1, 0.15) is 6.61 Å². The second-order valence-corrected chi connectivity index (χ2v) is 3.97. The zero-order valence-electron chi connectivity index (χ0n) is 10.1. The van der Waals surface area contributed by atoms with Crippen molar-refractivity contribution in [3.63, 3.8) is 0 Å². The van der Waals surface area contributed by atoms with Crippen molar-refractivity contribution in [2.24, 2.45) is 0 Å². The highest BCUT2D eigenvalue weighted by atomic mass is 16.6. The molecule has 1 atom stereocenters. The molecule has 1 heterocycles. The van der Waals surface area contributed by atoms with Crippen molar-refractivity contribution in [3.8, 4) is 0 Å². The molecule has 0 radical (unpaired) electrons. The van der Waals surface area contributed by atoms with Crippen LogP contribution >= 0.6 is 0 Å². The van der Waals surface area contributed by atoms with Crippen molar-refractivity contribution in [3.05, 3.63) is 0 Å². The summed E-state index contributed by atoms with van der Waals surface area (Å²) in [6.07, 6.45) is 4.59. The Labute approximate surface area is 97.2 Å². The topological polar surface area (TPSA) is 44.8 Å². The fraction of sp³-hybridized carbons (Fsp3) is 0.917. The zero-order valence-corrected chi connectivity index (χ0v) is 10.1. The Morgan fingerprint density at radius 2 is 2.31 bits per heavy atom. The minimum Gasteiger partial charge on any atom is -0.463 e. The molecule has 1 unspecified atom stereocenters. The van der Waals surface area contributed by atoms with Crippen LogP contribution in [0, 0.1) is 0 Å². The second kappa shape index (κ2) is 8.53. The summed E-state index contributed by atoms with van der Waals surface area (Å²) in [5, 5.41) is 0. The van der Waals surface area contributed by atoms with E-state index in [2.05, 4.69) is 0 Å². The van der Waals surface area contributed by atoms with Gasteiger partial charge in [0.15, 0.2) is 0 Å². The third kappa shape index (κ3) is 6.08. The van der Waals surface area contributed by atoms with Crippen LogP contribution < -0.4 is 0 Å². The van der Waals surface area contributed by atoms with E-state index in [0.717, 1.165) is 25.9 Å². The highest BCUT2D eigenvalue weighted by Crippen LogP contribution is 2.13. The van der Waals surface area contributed by atoms with E-state index in [0.29, 0.717) is 26.2 Å². The third-order valence-electron chi connectivity index (χ3n) is 2.58. The summed E-state index contributed by atoms with van der Waals surface area (Å²) in [4.78, 5) is 11.3. The molecule has 0 aromatic heterocycles. The number of carbonyl (C=O) groups excluding carboxylic acids is 1. The minimum atomic E-state index is -0.145. The molecule has 0 amide bonds. The van der Waals surface area contributed by atoms with Crippen LogP contribution in [0.1, 0.15) is 39.0 Å². The number of carbonyl (C=O) groups is 1. The molecule has 0 N–H and O–H groups in total. The van der Waals surface area contributed by atoms with Gasteiger partial charge in [-0.2, -0.15) is 0 Å². The van der Waals surface area contributed by atoms with E-state index in [1.165, 1.54) is 6.42 Å². The molecule has 0 aromatic rings. The third-order valence-corrected chi connectivity index (χ3v) is 2.58. The highest BCUT2D eigenvalue weighted by molar-refractivity contribution is 5.69. The molecule has 94 valence electrons. The lowest BCUT2D eigenvalue weighted by Gasteiger charge is -2.22. The Balaban J connectivity index is 1.96. The summed E-state index contributed by atoms with van der Waals surface area (Å²) in [5.41, 5.74) is 0. The zero-order chi connectivity index (χ0) is 11.6. The van der Waals surface area contributed by atoms with Gasteiger partial charge >= 0.3 is 5.97 Å². The first-order chi connectivity index (χ1) is 7.83. The molecular formula is C12H22O4. The van der Waals surface area contributed by atoms with Crippen LogP contribution in [0.5, 0.6) is 0 Å². The van der Waals surface area contributed by atoms with Gasteiger partial charge in [-0.15, -0.1) is 0 Å². The first-order valence-electron chi connectivity index (χ1n) is 6.18. The molecule has 0 saturated carbocycles. The van der Waals surface area contributed by atoms with E-state index in [1.54, 1.807) is 0 Å². The maximum absolute atomic E-state index is 11.3. The number of hydrogen-bond donors (Lipinski definition) is 0. The predicted octanol–water partition coefficient (Wildman–Crippen LogP) is 1.92. The molecule has 1 fully saturated rings. The molecule has 0 spiro atoms. The Hall–Kier alpha value is -0.610. The van der Waals surface area contributed by atoms with Crippen LogP contribution in [0.4, 0.5) is 0 Å². The van der Waals surface area contributed by atoms with Crippen LogP contribution in [-0.2, 0) is 19.0 Å². The summed E-state index contributed by atoms with van der Waals surface area (Å²) < 4.78 is 15.8. The van der Waals surface area contributed by atoms with E-state index in [4.69, 9.17) is 14.2 Å². The lowest BCUT2D eigenvalue weighted by molar-refractivity contribution is -0.149. The van der Waals surface area contributed by atoms with E-state index >= 15 is 0 Å². The smallest absolute Gasteiger partial charge is 0.305 e. The van der Waals surface area contributed by atoms with Gasteiger partial charge in [0.25, 0.3) is 0 Å². The Kier molecular flexibility index (Phi) is 7.17. The molecule has 0 bridgehead atoms. The van der Waals surface area contributed by atoms with E-state index < -0.39 is 0 Å². The molecule has 4 nitrogen and oxygen atoms in total. The normalized spacial score (nSPS) is 20.7. The van der Waals surface area contributed by atoms with Crippen molar-refractivity contribution in [2.75, 3.05) is 26.4 Å². The van der Waals surface area contributed by atoms with Crippen molar-refractivity contribution in [1.82, 2.24) is 0 Å². The quantitative estimate of drug-likeness (QED) is 0.495. The van der Waals surface area contributed by atoms with Gasteiger partial charge in [-0.25, -0.2) is 0 Å². The first-order valence-corrected chi connectivity index (χ1v) is 6.18. The molecule has 1 saturated heterocycles. The monoisotopic (exact) mass is 230 g/mol. The average Bonchev–Trinajstić information content (AvgIpc) is 2.33. The standard InChI is InChI=1S/C12H22O4/c1-2-14-8-5-7-12(13)16-10-11-6-3-4-9-15-11/h11H,2-10H2,1H3. The number of ether oxygens (including phenoxy) is 3. The largest absolute Gasteiger partial charge is 0.463 e. The summed E-state index contributed by atoms with van der Waals surface area (Å²) in [7, 11) is 0. The molecule has 0 aromatic carbocycles. The summed E-state index contributed by atoms with van der Waals surface area (Å²) in [6, 6.07) is 0. The van der Waals surface area contributed by atoms with Crippen molar-refractivity contribution in [2.45, 2.75) is 45.1 Å². The van der Waals surface area contributed by atoms with Gasteiger partial charge in [-0.05, 0) is 32.6 Å². The molecule has 4 heteroatoms. The Bertz CT molecular complexity index is 187. The van der Waals surface area contributed by atoms with Crippen LogP contribution in [0.3, 0.4) is 0 Å². The molecule has 1 aliphatic rings. The average molecular weight is 230 g/mol. The lowest BCUT2D eigenvalue weighted by atomic mass is 10.1. The van der Waals surface area contributed by atoms with Crippen LogP contribution in [-0.4, -0.2) is 38.5 Å². The van der Waals surface area contributed by atoms with Gasteiger partial charge in [-0.1, -0.05) is 0 Å². The van der Waals surface area contributed by atoms with Gasteiger partial charge in [0.05, 0.1) is 6.10 Å². The maximum atomic E-state index is 11.3. The number of rotatable bonds is 7. The van der Waals surface area contributed by atoms with Gasteiger partial charge < -0.3 is 14.2 Å². The van der Waals surface area contributed by atoms with Crippen molar-refractivity contribution in [1.29, 1.82) is 0 Å². The van der Waals surface area contributed by atoms with Crippen molar-refractivity contribution < 1.29 is 19.0 Å². The van der Waals surface area contributed by atoms with Gasteiger partial charge in [0, 0.05) is 26.2 Å². The van der Waals surface area contributed by atoms with E-state index in [-0.39, 0.29) is 12.1 Å². The molecule has 0 aliphatic carbocycles. The van der Waals surface area contributed by atoms with E-state index in [9.17, 15) is 4.79 Å². The minimum absolute atomic E-state index is 0.115. The maximum Gasteiger partial charge on any atom is 0.305 e. The molecule has 16 heavy (non-hydrogen) atoms. The summed E-state index contributed by atoms with van der Waals surface area (Å²) in [6.45, 7) is 4.48. The fourth-order valence-corrected chi connectivity index (χ4v) is 1.66. The van der Waals surface area contributed by atoms with Crippen LogP contribution in [0.2, 0.25) is 0 Å². The highest BCUT2D eigenvalue weighted by Gasteiger charge is 2.15. The van der Waals surface area contributed by atoms with Crippen molar-refractivity contribution >= 4 is 5.97 Å². The second-order valence-electron chi connectivity index (χ2n) is 3.97. The number of hydrogen-bond acceptors (Lipinski definition) is 4. The van der Waals surface area contributed by atoms with Gasteiger partial charge in [0.2, 0.25) is 0 Å². The fourth-order valence-electron chi connectivity index (χ4n) is 1.66.